The van der Waals surface area contributed by atoms with Crippen molar-refractivity contribution in [3.8, 4) is 0 Å². The summed E-state index contributed by atoms with van der Waals surface area (Å²) in [6, 6.07) is 0. The molecule has 3 rings (SSSR count). The number of imidazole rings is 1. The number of carbonyl (C=O) groups excluding carboxylic acids is 1. The molecule has 1 fully saturated rings. The summed E-state index contributed by atoms with van der Waals surface area (Å²) in [5.41, 5.74) is 1.32. The van der Waals surface area contributed by atoms with Crippen LogP contribution in [-0.2, 0) is 16.1 Å². The summed E-state index contributed by atoms with van der Waals surface area (Å²) in [6.07, 6.45) is 3.10. The highest BCUT2D eigenvalue weighted by atomic mass is 16.5. The number of fused-ring (bicyclic) bond motifs is 1. The number of anilines is 1. The van der Waals surface area contributed by atoms with Crippen LogP contribution in [0.2, 0.25) is 0 Å². The first-order chi connectivity index (χ1) is 11.7. The smallest absolute Gasteiger partial charge is 0.326 e. The zero-order chi connectivity index (χ0) is 16.9. The molecule has 0 radical (unpaired) electrons. The number of nitrogens with zero attached hydrogens (tertiary/aromatic N) is 6. The molecule has 0 saturated carbocycles. The number of carbonyl (C=O) groups is 1. The van der Waals surface area contributed by atoms with Gasteiger partial charge in [-0.15, -0.1) is 0 Å². The zero-order valence-corrected chi connectivity index (χ0v) is 13.8. The molecule has 1 saturated heterocycles. The molecule has 2 aromatic rings. The largest absolute Gasteiger partial charge is 0.465 e. The average molecular weight is 334 g/mol. The average Bonchev–Trinajstić information content (AvgIpc) is 2.99. The van der Waals surface area contributed by atoms with Crippen molar-refractivity contribution < 1.29 is 14.6 Å². The molecule has 130 valence electrons. The van der Waals surface area contributed by atoms with Gasteiger partial charge < -0.3 is 19.3 Å². The first-order valence-electron chi connectivity index (χ1n) is 8.12. The number of aliphatic hydroxyl groups excluding tert-OH is 1. The lowest BCUT2D eigenvalue weighted by Gasteiger charge is -2.34. The van der Waals surface area contributed by atoms with E-state index in [1.54, 1.807) is 17.8 Å². The Morgan fingerprint density at radius 1 is 1.25 bits per heavy atom. The third-order valence-electron chi connectivity index (χ3n) is 4.07. The second kappa shape index (κ2) is 7.54. The maximum Gasteiger partial charge on any atom is 0.326 e. The second-order valence-electron chi connectivity index (χ2n) is 5.60. The van der Waals surface area contributed by atoms with Crippen LogP contribution in [0.3, 0.4) is 0 Å². The van der Waals surface area contributed by atoms with Gasteiger partial charge in [0, 0.05) is 32.7 Å². The Hall–Kier alpha value is -2.26. The summed E-state index contributed by atoms with van der Waals surface area (Å²) in [5, 5.41) is 9.03. The molecule has 1 aliphatic rings. The van der Waals surface area contributed by atoms with Gasteiger partial charge >= 0.3 is 5.97 Å². The Labute approximate surface area is 139 Å². The molecule has 0 aromatic carbocycles. The van der Waals surface area contributed by atoms with Gasteiger partial charge in [-0.05, 0) is 6.92 Å². The topological polar surface area (TPSA) is 96.6 Å². The van der Waals surface area contributed by atoms with E-state index in [-0.39, 0.29) is 19.1 Å². The first kappa shape index (κ1) is 16.6. The predicted molar refractivity (Wildman–Crippen MR) is 87.7 cm³/mol. The van der Waals surface area contributed by atoms with E-state index in [4.69, 9.17) is 9.84 Å². The molecule has 1 aliphatic heterocycles. The molecule has 2 aromatic heterocycles. The molecule has 0 atom stereocenters. The Morgan fingerprint density at radius 3 is 2.75 bits per heavy atom. The minimum atomic E-state index is -0.311. The number of esters is 1. The van der Waals surface area contributed by atoms with Gasteiger partial charge in [0.2, 0.25) is 0 Å². The highest BCUT2D eigenvalue weighted by Crippen LogP contribution is 2.22. The predicted octanol–water partition coefficient (Wildman–Crippen LogP) is -0.496. The van der Waals surface area contributed by atoms with Crippen LogP contribution in [0.25, 0.3) is 11.2 Å². The van der Waals surface area contributed by atoms with Gasteiger partial charge in [-0.3, -0.25) is 9.69 Å². The van der Waals surface area contributed by atoms with Crippen molar-refractivity contribution in [1.82, 2.24) is 24.4 Å². The molecule has 9 heteroatoms. The van der Waals surface area contributed by atoms with Crippen LogP contribution in [-0.4, -0.2) is 81.4 Å². The second-order valence-corrected chi connectivity index (χ2v) is 5.60. The van der Waals surface area contributed by atoms with Gasteiger partial charge in [0.05, 0.1) is 19.5 Å². The Balaban J connectivity index is 1.78. The highest BCUT2D eigenvalue weighted by molar-refractivity contribution is 5.84. The summed E-state index contributed by atoms with van der Waals surface area (Å²) >= 11 is 0. The minimum absolute atomic E-state index is 0.0884. The molecule has 24 heavy (non-hydrogen) atoms. The van der Waals surface area contributed by atoms with Crippen LogP contribution in [0, 0.1) is 0 Å². The Kier molecular flexibility index (Phi) is 5.21. The number of hydrogen-bond donors (Lipinski definition) is 1. The third-order valence-corrected chi connectivity index (χ3v) is 4.07. The van der Waals surface area contributed by atoms with E-state index in [9.17, 15) is 4.79 Å². The third kappa shape index (κ3) is 3.46. The van der Waals surface area contributed by atoms with Crippen molar-refractivity contribution >= 4 is 23.0 Å². The van der Waals surface area contributed by atoms with E-state index in [1.807, 2.05) is 0 Å². The van der Waals surface area contributed by atoms with Crippen molar-refractivity contribution in [3.05, 3.63) is 12.7 Å². The molecule has 0 spiro atoms. The van der Waals surface area contributed by atoms with Crippen molar-refractivity contribution in [3.63, 3.8) is 0 Å². The molecule has 1 N–H and O–H groups in total. The molecule has 9 nitrogen and oxygen atoms in total. The SMILES string of the molecule is CCOC(=O)Cn1cnc2c(N3CCN(CCO)CC3)ncnc21. The van der Waals surface area contributed by atoms with Crippen LogP contribution >= 0.6 is 0 Å². The van der Waals surface area contributed by atoms with E-state index < -0.39 is 0 Å². The number of aliphatic hydroxyl groups is 1. The molecule has 0 bridgehead atoms. The summed E-state index contributed by atoms with van der Waals surface area (Å²) in [5.74, 6) is 0.473. The number of rotatable bonds is 6. The molecule has 0 aliphatic carbocycles. The van der Waals surface area contributed by atoms with E-state index in [1.165, 1.54) is 6.33 Å². The molecular weight excluding hydrogens is 312 g/mol. The normalized spacial score (nSPS) is 15.8. The van der Waals surface area contributed by atoms with Gasteiger partial charge in [0.1, 0.15) is 12.9 Å². The van der Waals surface area contributed by atoms with Crippen molar-refractivity contribution in [2.75, 3.05) is 50.8 Å². The van der Waals surface area contributed by atoms with Crippen molar-refractivity contribution in [2.24, 2.45) is 0 Å². The lowest BCUT2D eigenvalue weighted by molar-refractivity contribution is -0.143. The highest BCUT2D eigenvalue weighted by Gasteiger charge is 2.21. The number of aromatic nitrogens is 4. The van der Waals surface area contributed by atoms with Crippen LogP contribution in [0.15, 0.2) is 12.7 Å². The van der Waals surface area contributed by atoms with E-state index >= 15 is 0 Å². The van der Waals surface area contributed by atoms with Crippen LogP contribution in [0.4, 0.5) is 5.82 Å². The monoisotopic (exact) mass is 334 g/mol. The van der Waals surface area contributed by atoms with Gasteiger partial charge in [-0.1, -0.05) is 0 Å². The number of piperazine rings is 1. The molecular formula is C15H22N6O3. The van der Waals surface area contributed by atoms with Crippen molar-refractivity contribution in [1.29, 1.82) is 0 Å². The number of hydrogen-bond acceptors (Lipinski definition) is 8. The fourth-order valence-corrected chi connectivity index (χ4v) is 2.89. The van der Waals surface area contributed by atoms with Gasteiger partial charge in [-0.2, -0.15) is 0 Å². The molecule has 0 unspecified atom stereocenters. The summed E-state index contributed by atoms with van der Waals surface area (Å²) in [7, 11) is 0. The van der Waals surface area contributed by atoms with E-state index in [0.717, 1.165) is 32.0 Å². The summed E-state index contributed by atoms with van der Waals surface area (Å²) < 4.78 is 6.66. The van der Waals surface area contributed by atoms with Gasteiger partial charge in [-0.25, -0.2) is 15.0 Å². The standard InChI is InChI=1S/C15H22N6O3/c1-2-24-12(23)9-21-11-18-13-14(16-10-17-15(13)21)20-5-3-19(4-6-20)7-8-22/h10-11,22H,2-9H2,1H3. The lowest BCUT2D eigenvalue weighted by Crippen LogP contribution is -2.47. The Morgan fingerprint density at radius 2 is 2.04 bits per heavy atom. The minimum Gasteiger partial charge on any atom is -0.465 e. The van der Waals surface area contributed by atoms with E-state index in [2.05, 4.69) is 24.8 Å². The fraction of sp³-hybridized carbons (Fsp3) is 0.600. The van der Waals surface area contributed by atoms with Crippen LogP contribution in [0.1, 0.15) is 6.92 Å². The van der Waals surface area contributed by atoms with Crippen LogP contribution < -0.4 is 4.90 Å². The molecule has 3 heterocycles. The maximum absolute atomic E-state index is 11.7. The summed E-state index contributed by atoms with van der Waals surface area (Å²) in [6.45, 7) is 6.46. The lowest BCUT2D eigenvalue weighted by atomic mass is 10.3. The quantitative estimate of drug-likeness (QED) is 0.707. The van der Waals surface area contributed by atoms with E-state index in [0.29, 0.717) is 24.3 Å². The first-order valence-corrected chi connectivity index (χ1v) is 8.12. The Bertz CT molecular complexity index is 696. The van der Waals surface area contributed by atoms with Crippen LogP contribution in [0.5, 0.6) is 0 Å². The maximum atomic E-state index is 11.7. The molecule has 0 amide bonds. The summed E-state index contributed by atoms with van der Waals surface area (Å²) in [4.78, 5) is 29.1. The number of ether oxygens (including phenoxy) is 1. The number of β-amino-alcohol motifs (C(OH)–C–C–N with tert-alkyl or cyclic N) is 1. The van der Waals surface area contributed by atoms with Gasteiger partial charge in [0.15, 0.2) is 17.0 Å². The zero-order valence-electron chi connectivity index (χ0n) is 13.8. The van der Waals surface area contributed by atoms with Crippen molar-refractivity contribution in [2.45, 2.75) is 13.5 Å². The fourth-order valence-electron chi connectivity index (χ4n) is 2.89. The van der Waals surface area contributed by atoms with Gasteiger partial charge in [0.25, 0.3) is 0 Å².